The highest BCUT2D eigenvalue weighted by Crippen LogP contribution is 2.23. The van der Waals surface area contributed by atoms with E-state index in [2.05, 4.69) is 34.7 Å². The van der Waals surface area contributed by atoms with E-state index in [0.717, 1.165) is 25.9 Å². The van der Waals surface area contributed by atoms with Gasteiger partial charge < -0.3 is 9.32 Å². The molecule has 7 nitrogen and oxygen atoms in total. The van der Waals surface area contributed by atoms with Crippen LogP contribution in [0.4, 0.5) is 5.69 Å². The van der Waals surface area contributed by atoms with Gasteiger partial charge >= 0.3 is 5.76 Å². The van der Waals surface area contributed by atoms with E-state index in [-0.39, 0.29) is 10.9 Å². The maximum Gasteiger partial charge on any atom is 0.419 e. The molecule has 2 heterocycles. The van der Waals surface area contributed by atoms with Crippen molar-refractivity contribution in [1.29, 1.82) is 0 Å². The number of aromatic nitrogens is 1. The molecule has 1 fully saturated rings. The summed E-state index contributed by atoms with van der Waals surface area (Å²) in [6.07, 6.45) is 1.47. The summed E-state index contributed by atoms with van der Waals surface area (Å²) in [6.45, 7) is 3.66. The van der Waals surface area contributed by atoms with Crippen LogP contribution in [-0.2, 0) is 17.1 Å². The molecule has 1 aromatic heterocycles. The SMILES string of the molecule is Cc1cccc(N2CCC(NS(=O)(=O)c3ccc4oc(=O)n(C)c4c3)CC2)c1. The van der Waals surface area contributed by atoms with E-state index in [1.165, 1.54) is 34.0 Å². The van der Waals surface area contributed by atoms with Crippen LogP contribution in [0.1, 0.15) is 18.4 Å². The van der Waals surface area contributed by atoms with Crippen molar-refractivity contribution in [2.24, 2.45) is 7.05 Å². The molecule has 0 bridgehead atoms. The van der Waals surface area contributed by atoms with Crippen LogP contribution in [0, 0.1) is 6.92 Å². The summed E-state index contributed by atoms with van der Waals surface area (Å²) in [6, 6.07) is 12.7. The summed E-state index contributed by atoms with van der Waals surface area (Å²) < 4.78 is 34.8. The molecule has 1 N–H and O–H groups in total. The van der Waals surface area contributed by atoms with Crippen LogP contribution in [-0.4, -0.2) is 32.1 Å². The zero-order valence-electron chi connectivity index (χ0n) is 15.9. The monoisotopic (exact) mass is 401 g/mol. The van der Waals surface area contributed by atoms with Gasteiger partial charge in [0.1, 0.15) is 0 Å². The quantitative estimate of drug-likeness (QED) is 0.726. The zero-order chi connectivity index (χ0) is 19.9. The number of piperidine rings is 1. The summed E-state index contributed by atoms with van der Waals surface area (Å²) in [5.41, 5.74) is 3.22. The third-order valence-corrected chi connectivity index (χ3v) is 6.77. The Labute approximate surface area is 163 Å². The Morgan fingerprint density at radius 2 is 1.86 bits per heavy atom. The number of nitrogens with one attached hydrogen (secondary N) is 1. The fraction of sp³-hybridized carbons (Fsp3) is 0.350. The van der Waals surface area contributed by atoms with Crippen LogP contribution >= 0.6 is 0 Å². The fourth-order valence-electron chi connectivity index (χ4n) is 3.64. The first-order valence-corrected chi connectivity index (χ1v) is 10.8. The van der Waals surface area contributed by atoms with Crippen molar-refractivity contribution >= 4 is 26.8 Å². The topological polar surface area (TPSA) is 84.6 Å². The Bertz CT molecular complexity index is 1170. The van der Waals surface area contributed by atoms with Crippen LogP contribution in [0.5, 0.6) is 0 Å². The molecular formula is C20H23N3O4S. The van der Waals surface area contributed by atoms with Gasteiger partial charge in [0.2, 0.25) is 10.0 Å². The number of benzene rings is 2. The number of aryl methyl sites for hydroxylation is 2. The van der Waals surface area contributed by atoms with Gasteiger partial charge in [-0.15, -0.1) is 0 Å². The number of nitrogens with zero attached hydrogens (tertiary/aromatic N) is 2. The maximum absolute atomic E-state index is 12.8. The predicted molar refractivity (Wildman–Crippen MR) is 108 cm³/mol. The number of anilines is 1. The molecule has 0 saturated carbocycles. The minimum atomic E-state index is -3.67. The van der Waals surface area contributed by atoms with Gasteiger partial charge in [0.25, 0.3) is 0 Å². The average molecular weight is 401 g/mol. The molecule has 0 spiro atoms. The number of oxazole rings is 1. The molecule has 4 rings (SSSR count). The normalized spacial score (nSPS) is 16.0. The van der Waals surface area contributed by atoms with Gasteiger partial charge in [-0.05, 0) is 55.7 Å². The van der Waals surface area contributed by atoms with Gasteiger partial charge in [-0.2, -0.15) is 0 Å². The standard InChI is InChI=1S/C20H23N3O4S/c1-14-4-3-5-16(12-14)23-10-8-15(9-11-23)21-28(25,26)17-6-7-19-18(13-17)22(2)20(24)27-19/h3-7,12-13,15,21H,8-11H2,1-2H3. The first-order valence-electron chi connectivity index (χ1n) is 9.27. The Kier molecular flexibility index (Phi) is 4.76. The van der Waals surface area contributed by atoms with Crippen molar-refractivity contribution in [1.82, 2.24) is 9.29 Å². The van der Waals surface area contributed by atoms with Crippen LogP contribution < -0.4 is 15.4 Å². The van der Waals surface area contributed by atoms with E-state index in [9.17, 15) is 13.2 Å². The minimum Gasteiger partial charge on any atom is -0.408 e. The first-order chi connectivity index (χ1) is 13.3. The van der Waals surface area contributed by atoms with Crippen molar-refractivity contribution in [2.45, 2.75) is 30.7 Å². The number of hydrogen-bond donors (Lipinski definition) is 1. The Balaban J connectivity index is 1.47. The lowest BCUT2D eigenvalue weighted by atomic mass is 10.1. The maximum atomic E-state index is 12.8. The molecule has 1 saturated heterocycles. The van der Waals surface area contributed by atoms with Crippen molar-refractivity contribution in [3.05, 3.63) is 58.6 Å². The molecule has 0 aliphatic carbocycles. The summed E-state index contributed by atoms with van der Waals surface area (Å²) >= 11 is 0. The van der Waals surface area contributed by atoms with Gasteiger partial charge in [0.15, 0.2) is 5.58 Å². The number of sulfonamides is 1. The molecule has 0 radical (unpaired) electrons. The van der Waals surface area contributed by atoms with Gasteiger partial charge in [-0.25, -0.2) is 17.9 Å². The largest absolute Gasteiger partial charge is 0.419 e. The molecule has 0 atom stereocenters. The highest BCUT2D eigenvalue weighted by molar-refractivity contribution is 7.89. The lowest BCUT2D eigenvalue weighted by Crippen LogP contribution is -2.44. The fourth-order valence-corrected chi connectivity index (χ4v) is 4.97. The van der Waals surface area contributed by atoms with Gasteiger partial charge in [-0.3, -0.25) is 4.57 Å². The second-order valence-corrected chi connectivity index (χ2v) is 8.99. The van der Waals surface area contributed by atoms with E-state index in [1.54, 1.807) is 7.05 Å². The predicted octanol–water partition coefficient (Wildman–Crippen LogP) is 2.39. The van der Waals surface area contributed by atoms with E-state index in [0.29, 0.717) is 11.1 Å². The van der Waals surface area contributed by atoms with Crippen molar-refractivity contribution < 1.29 is 12.8 Å². The second-order valence-electron chi connectivity index (χ2n) is 7.28. The molecule has 2 aromatic carbocycles. The minimum absolute atomic E-state index is 0.116. The third kappa shape index (κ3) is 3.57. The van der Waals surface area contributed by atoms with Crippen LogP contribution in [0.3, 0.4) is 0 Å². The van der Waals surface area contributed by atoms with Crippen LogP contribution in [0.15, 0.2) is 56.6 Å². The van der Waals surface area contributed by atoms with Crippen molar-refractivity contribution in [3.63, 3.8) is 0 Å². The van der Waals surface area contributed by atoms with Gasteiger partial charge in [0, 0.05) is 31.9 Å². The van der Waals surface area contributed by atoms with Crippen molar-refractivity contribution in [2.75, 3.05) is 18.0 Å². The van der Waals surface area contributed by atoms with Crippen LogP contribution in [0.2, 0.25) is 0 Å². The molecule has 8 heteroatoms. The van der Waals surface area contributed by atoms with Crippen LogP contribution in [0.25, 0.3) is 11.1 Å². The van der Waals surface area contributed by atoms with Crippen molar-refractivity contribution in [3.8, 4) is 0 Å². The second kappa shape index (κ2) is 7.10. The Hall–Kier alpha value is -2.58. The number of hydrogen-bond acceptors (Lipinski definition) is 5. The lowest BCUT2D eigenvalue weighted by Gasteiger charge is -2.34. The summed E-state index contributed by atoms with van der Waals surface area (Å²) in [7, 11) is -2.12. The smallest absolute Gasteiger partial charge is 0.408 e. The molecule has 0 amide bonds. The van der Waals surface area contributed by atoms with E-state index in [4.69, 9.17) is 4.42 Å². The first kappa shape index (κ1) is 18.8. The molecular weight excluding hydrogens is 378 g/mol. The van der Waals surface area contributed by atoms with E-state index < -0.39 is 15.8 Å². The van der Waals surface area contributed by atoms with Gasteiger partial charge in [-0.1, -0.05) is 12.1 Å². The number of fused-ring (bicyclic) bond motifs is 1. The molecule has 28 heavy (non-hydrogen) atoms. The molecule has 1 aliphatic heterocycles. The molecule has 3 aromatic rings. The average Bonchev–Trinajstić information content (AvgIpc) is 2.96. The molecule has 1 aliphatic rings. The summed E-state index contributed by atoms with van der Waals surface area (Å²) in [5, 5.41) is 0. The molecule has 148 valence electrons. The molecule has 0 unspecified atom stereocenters. The van der Waals surface area contributed by atoms with E-state index in [1.807, 2.05) is 6.07 Å². The zero-order valence-corrected chi connectivity index (χ0v) is 16.7. The number of rotatable bonds is 4. The summed E-state index contributed by atoms with van der Waals surface area (Å²) in [4.78, 5) is 14.0. The highest BCUT2D eigenvalue weighted by Gasteiger charge is 2.25. The summed E-state index contributed by atoms with van der Waals surface area (Å²) in [5.74, 6) is -0.513. The Morgan fingerprint density at radius 1 is 1.11 bits per heavy atom. The Morgan fingerprint density at radius 3 is 2.57 bits per heavy atom. The van der Waals surface area contributed by atoms with Gasteiger partial charge in [0.05, 0.1) is 10.4 Å². The third-order valence-electron chi connectivity index (χ3n) is 5.26. The lowest BCUT2D eigenvalue weighted by molar-refractivity contribution is 0.460. The highest BCUT2D eigenvalue weighted by atomic mass is 32.2. The van der Waals surface area contributed by atoms with E-state index >= 15 is 0 Å².